The van der Waals surface area contributed by atoms with Crippen LogP contribution in [0, 0.1) is 5.92 Å². The second-order valence-electron chi connectivity index (χ2n) is 5.94. The Hall–Kier alpha value is -2.83. The zero-order valence-corrected chi connectivity index (χ0v) is 12.5. The predicted molar refractivity (Wildman–Crippen MR) is 84.6 cm³/mol. The molecule has 118 valence electrons. The summed E-state index contributed by atoms with van der Waals surface area (Å²) < 4.78 is 0. The van der Waals surface area contributed by atoms with E-state index in [9.17, 15) is 9.59 Å². The van der Waals surface area contributed by atoms with E-state index in [0.717, 1.165) is 29.8 Å². The van der Waals surface area contributed by atoms with Gasteiger partial charge in [-0.1, -0.05) is 18.2 Å². The number of benzene rings is 1. The number of nitrogens with zero attached hydrogens (tertiary/aromatic N) is 2. The SMILES string of the molecule is O=C(Nc1[nH]nc2c1CN(C(=O)Nc1ccccc1)C2)C1CC1. The summed E-state index contributed by atoms with van der Waals surface area (Å²) in [5.41, 5.74) is 2.45. The molecule has 3 amide bonds. The highest BCUT2D eigenvalue weighted by Gasteiger charge is 2.33. The maximum atomic E-state index is 12.3. The quantitative estimate of drug-likeness (QED) is 0.812. The Morgan fingerprint density at radius 1 is 1.13 bits per heavy atom. The monoisotopic (exact) mass is 311 g/mol. The minimum Gasteiger partial charge on any atom is -0.314 e. The van der Waals surface area contributed by atoms with Crippen LogP contribution in [0.15, 0.2) is 30.3 Å². The van der Waals surface area contributed by atoms with Crippen molar-refractivity contribution in [3.8, 4) is 0 Å². The van der Waals surface area contributed by atoms with Crippen molar-refractivity contribution in [3.05, 3.63) is 41.6 Å². The van der Waals surface area contributed by atoms with Crippen molar-refractivity contribution in [2.75, 3.05) is 10.6 Å². The number of aromatic nitrogens is 2. The lowest BCUT2D eigenvalue weighted by atomic mass is 10.2. The van der Waals surface area contributed by atoms with Gasteiger partial charge in [-0.15, -0.1) is 0 Å². The third-order valence-electron chi connectivity index (χ3n) is 4.15. The Balaban J connectivity index is 1.42. The first-order chi connectivity index (χ1) is 11.2. The molecule has 0 radical (unpaired) electrons. The molecule has 1 saturated carbocycles. The number of carbonyl (C=O) groups excluding carboxylic acids is 2. The molecule has 0 saturated heterocycles. The van der Waals surface area contributed by atoms with Crippen molar-refractivity contribution < 1.29 is 9.59 Å². The standard InChI is InChI=1S/C16H17N5O2/c22-15(10-6-7-10)18-14-12-8-21(9-13(12)19-20-14)16(23)17-11-4-2-1-3-5-11/h1-5,10H,6-9H2,(H,17,23)(H2,18,19,20,22). The summed E-state index contributed by atoms with van der Waals surface area (Å²) in [7, 11) is 0. The molecule has 0 bridgehead atoms. The third-order valence-corrected chi connectivity index (χ3v) is 4.15. The van der Waals surface area contributed by atoms with E-state index >= 15 is 0 Å². The van der Waals surface area contributed by atoms with Gasteiger partial charge in [0, 0.05) is 17.2 Å². The van der Waals surface area contributed by atoms with Crippen molar-refractivity contribution in [2.45, 2.75) is 25.9 Å². The van der Waals surface area contributed by atoms with Crippen LogP contribution in [0.2, 0.25) is 0 Å². The average molecular weight is 311 g/mol. The van der Waals surface area contributed by atoms with Gasteiger partial charge in [0.2, 0.25) is 5.91 Å². The zero-order valence-electron chi connectivity index (χ0n) is 12.5. The normalized spacial score (nSPS) is 16.1. The highest BCUT2D eigenvalue weighted by Crippen LogP contribution is 2.32. The van der Waals surface area contributed by atoms with Crippen LogP contribution < -0.4 is 10.6 Å². The number of hydrogen-bond acceptors (Lipinski definition) is 3. The first-order valence-electron chi connectivity index (χ1n) is 7.68. The molecule has 2 heterocycles. The predicted octanol–water partition coefficient (Wildman–Crippen LogP) is 2.31. The summed E-state index contributed by atoms with van der Waals surface area (Å²) in [6.45, 7) is 0.870. The van der Waals surface area contributed by atoms with Crippen LogP contribution in [-0.2, 0) is 17.9 Å². The van der Waals surface area contributed by atoms with Gasteiger partial charge >= 0.3 is 6.03 Å². The van der Waals surface area contributed by atoms with Crippen LogP contribution in [0.3, 0.4) is 0 Å². The smallest absolute Gasteiger partial charge is 0.314 e. The number of para-hydroxylation sites is 1. The lowest BCUT2D eigenvalue weighted by Crippen LogP contribution is -2.30. The fourth-order valence-electron chi connectivity index (χ4n) is 2.67. The summed E-state index contributed by atoms with van der Waals surface area (Å²) >= 11 is 0. The van der Waals surface area contributed by atoms with Crippen molar-refractivity contribution in [1.82, 2.24) is 15.1 Å². The number of carbonyl (C=O) groups is 2. The number of nitrogens with one attached hydrogen (secondary N) is 3. The second kappa shape index (κ2) is 5.42. The number of fused-ring (bicyclic) bond motifs is 1. The topological polar surface area (TPSA) is 90.1 Å². The van der Waals surface area contributed by atoms with Gasteiger partial charge in [0.25, 0.3) is 0 Å². The number of urea groups is 1. The minimum atomic E-state index is -0.173. The van der Waals surface area contributed by atoms with Crippen LogP contribution in [0.1, 0.15) is 24.1 Å². The molecule has 2 aliphatic rings. The third kappa shape index (κ3) is 2.77. The summed E-state index contributed by atoms with van der Waals surface area (Å²) in [5.74, 6) is 0.781. The highest BCUT2D eigenvalue weighted by molar-refractivity contribution is 5.94. The fourth-order valence-corrected chi connectivity index (χ4v) is 2.67. The molecule has 1 aliphatic carbocycles. The van der Waals surface area contributed by atoms with Crippen molar-refractivity contribution >= 4 is 23.4 Å². The molecule has 1 fully saturated rings. The average Bonchev–Trinajstić information content (AvgIpc) is 3.22. The van der Waals surface area contributed by atoms with Crippen LogP contribution in [0.5, 0.6) is 0 Å². The molecule has 1 aromatic carbocycles. The highest BCUT2D eigenvalue weighted by atomic mass is 16.2. The maximum Gasteiger partial charge on any atom is 0.322 e. The summed E-state index contributed by atoms with van der Waals surface area (Å²) in [4.78, 5) is 25.9. The molecule has 4 rings (SSSR count). The van der Waals surface area contributed by atoms with Gasteiger partial charge in [-0.3, -0.25) is 9.89 Å². The van der Waals surface area contributed by atoms with E-state index < -0.39 is 0 Å². The number of aromatic amines is 1. The number of amides is 3. The molecule has 0 spiro atoms. The first-order valence-corrected chi connectivity index (χ1v) is 7.68. The largest absolute Gasteiger partial charge is 0.322 e. The Kier molecular flexibility index (Phi) is 3.25. The Morgan fingerprint density at radius 2 is 1.91 bits per heavy atom. The Bertz CT molecular complexity index is 751. The summed E-state index contributed by atoms with van der Waals surface area (Å²) in [6, 6.07) is 9.15. The fraction of sp³-hybridized carbons (Fsp3) is 0.312. The van der Waals surface area contributed by atoms with E-state index in [1.54, 1.807) is 4.90 Å². The lowest BCUT2D eigenvalue weighted by molar-refractivity contribution is -0.117. The first kappa shape index (κ1) is 13.8. The van der Waals surface area contributed by atoms with E-state index in [-0.39, 0.29) is 17.9 Å². The van der Waals surface area contributed by atoms with Gasteiger partial charge in [0.1, 0.15) is 5.82 Å². The molecule has 7 nitrogen and oxygen atoms in total. The molecule has 0 unspecified atom stereocenters. The van der Waals surface area contributed by atoms with Gasteiger partial charge in [-0.05, 0) is 25.0 Å². The van der Waals surface area contributed by atoms with E-state index in [0.29, 0.717) is 18.9 Å². The summed E-state index contributed by atoms with van der Waals surface area (Å²) in [6.07, 6.45) is 1.90. The van der Waals surface area contributed by atoms with Gasteiger partial charge in [-0.25, -0.2) is 4.79 Å². The summed E-state index contributed by atoms with van der Waals surface area (Å²) in [5, 5.41) is 12.8. The van der Waals surface area contributed by atoms with Gasteiger partial charge < -0.3 is 15.5 Å². The molecular formula is C16H17N5O2. The van der Waals surface area contributed by atoms with Gasteiger partial charge in [0.15, 0.2) is 0 Å². The molecular weight excluding hydrogens is 294 g/mol. The molecule has 7 heteroatoms. The maximum absolute atomic E-state index is 12.3. The Labute approximate surface area is 133 Å². The van der Waals surface area contributed by atoms with Crippen molar-refractivity contribution in [3.63, 3.8) is 0 Å². The molecule has 1 aromatic heterocycles. The lowest BCUT2D eigenvalue weighted by Gasteiger charge is -2.16. The minimum absolute atomic E-state index is 0.0311. The molecule has 0 atom stereocenters. The van der Waals surface area contributed by atoms with E-state index in [1.165, 1.54) is 0 Å². The number of rotatable bonds is 3. The molecule has 23 heavy (non-hydrogen) atoms. The second-order valence-corrected chi connectivity index (χ2v) is 5.94. The number of H-pyrrole nitrogens is 1. The van der Waals surface area contributed by atoms with Crippen LogP contribution in [0.25, 0.3) is 0 Å². The van der Waals surface area contributed by atoms with E-state index in [4.69, 9.17) is 0 Å². The van der Waals surface area contributed by atoms with Crippen molar-refractivity contribution in [2.24, 2.45) is 5.92 Å². The molecule has 2 aromatic rings. The van der Waals surface area contributed by atoms with Gasteiger partial charge in [-0.2, -0.15) is 5.10 Å². The molecule has 1 aliphatic heterocycles. The number of hydrogen-bond donors (Lipinski definition) is 3. The van der Waals surface area contributed by atoms with Crippen LogP contribution >= 0.6 is 0 Å². The Morgan fingerprint density at radius 3 is 2.65 bits per heavy atom. The van der Waals surface area contributed by atoms with Crippen LogP contribution in [-0.4, -0.2) is 27.0 Å². The molecule has 3 N–H and O–H groups in total. The number of anilines is 2. The van der Waals surface area contributed by atoms with Crippen LogP contribution in [0.4, 0.5) is 16.3 Å². The van der Waals surface area contributed by atoms with E-state index in [1.807, 2.05) is 30.3 Å². The zero-order chi connectivity index (χ0) is 15.8. The van der Waals surface area contributed by atoms with Gasteiger partial charge in [0.05, 0.1) is 18.8 Å². The van der Waals surface area contributed by atoms with Crippen molar-refractivity contribution in [1.29, 1.82) is 0 Å². The van der Waals surface area contributed by atoms with E-state index in [2.05, 4.69) is 20.8 Å².